The second kappa shape index (κ2) is 31.0. The summed E-state index contributed by atoms with van der Waals surface area (Å²) in [5.74, 6) is -5.00. The number of carbonyl (C=O) groups is 5. The molecule has 3 unspecified atom stereocenters. The van der Waals surface area contributed by atoms with Crippen LogP contribution >= 0.6 is 0 Å². The Balaban J connectivity index is 2.58. The van der Waals surface area contributed by atoms with Crippen LogP contribution in [0.3, 0.4) is 0 Å². The summed E-state index contributed by atoms with van der Waals surface area (Å²) in [6.07, 6.45) is 21.2. The first-order valence-electron chi connectivity index (χ1n) is 23.4. The fourth-order valence-electron chi connectivity index (χ4n) is 7.85. The first kappa shape index (κ1) is 56.1. The van der Waals surface area contributed by atoms with Gasteiger partial charge in [0.05, 0.1) is 46.8 Å². The van der Waals surface area contributed by atoms with Crippen molar-refractivity contribution in [2.24, 2.45) is 22.2 Å². The largest absolute Gasteiger partial charge is 0.496 e. The second-order valence-electron chi connectivity index (χ2n) is 18.0. The Labute approximate surface area is 373 Å². The highest BCUT2D eigenvalue weighted by atomic mass is 16.6. The standard InChI is InChI=1S/C50H82O12/c1-9-12-13-14-15-16-17-18-19-20-21-22-23-24-25-28-31-58-32-33-60-39(4)48(5,6)36-40(44(53)59-11-3)37-50(8,46(55)56)38-49(7,10-2)47(57)62-35-34-61-45(54)42-30-27-26-29-41(42)43(51)52/h26-27,29-30,40H,4,9-25,28,31-38H2,1-3,5-8H3,(H,51,52)(H,55,56). The average molecular weight is 875 g/mol. The van der Waals surface area contributed by atoms with Gasteiger partial charge in [-0.2, -0.15) is 0 Å². The van der Waals surface area contributed by atoms with Crippen molar-refractivity contribution < 1.29 is 57.9 Å². The number of carboxylic acids is 2. The van der Waals surface area contributed by atoms with E-state index in [0.29, 0.717) is 25.6 Å². The average Bonchev–Trinajstić information content (AvgIpc) is 3.23. The normalized spacial score (nSPS) is 13.9. The Morgan fingerprint density at radius 3 is 1.60 bits per heavy atom. The van der Waals surface area contributed by atoms with Gasteiger partial charge >= 0.3 is 29.8 Å². The van der Waals surface area contributed by atoms with Crippen LogP contribution in [0.25, 0.3) is 0 Å². The first-order chi connectivity index (χ1) is 29.5. The van der Waals surface area contributed by atoms with Crippen LogP contribution in [0.1, 0.15) is 198 Å². The molecule has 3 atom stereocenters. The lowest BCUT2D eigenvalue weighted by Crippen LogP contribution is -2.42. The van der Waals surface area contributed by atoms with Gasteiger partial charge in [-0.1, -0.05) is 143 Å². The maximum atomic E-state index is 13.4. The van der Waals surface area contributed by atoms with Crippen LogP contribution in [0.4, 0.5) is 0 Å². The van der Waals surface area contributed by atoms with Crippen LogP contribution < -0.4 is 0 Å². The zero-order valence-corrected chi connectivity index (χ0v) is 39.5. The summed E-state index contributed by atoms with van der Waals surface area (Å²) in [5.41, 5.74) is -3.92. The van der Waals surface area contributed by atoms with Crippen LogP contribution in [0.5, 0.6) is 0 Å². The number of benzene rings is 1. The van der Waals surface area contributed by atoms with Crippen molar-refractivity contribution in [2.45, 2.75) is 177 Å². The third-order valence-corrected chi connectivity index (χ3v) is 12.0. The Hall–Kier alpha value is -3.93. The zero-order chi connectivity index (χ0) is 46.4. The monoisotopic (exact) mass is 875 g/mol. The zero-order valence-electron chi connectivity index (χ0n) is 39.5. The molecule has 0 aliphatic heterocycles. The molecule has 12 nitrogen and oxygen atoms in total. The van der Waals surface area contributed by atoms with E-state index in [-0.39, 0.29) is 56.6 Å². The minimum absolute atomic E-state index is 0.110. The lowest BCUT2D eigenvalue weighted by Gasteiger charge is -2.38. The van der Waals surface area contributed by atoms with E-state index in [1.807, 2.05) is 13.8 Å². The summed E-state index contributed by atoms with van der Waals surface area (Å²) in [6, 6.07) is 5.60. The molecule has 0 spiro atoms. The van der Waals surface area contributed by atoms with Gasteiger partial charge in [0.2, 0.25) is 0 Å². The number of hydrogen-bond acceptors (Lipinski definition) is 10. The van der Waals surface area contributed by atoms with Gasteiger partial charge in [0.25, 0.3) is 0 Å². The predicted molar refractivity (Wildman–Crippen MR) is 242 cm³/mol. The fourth-order valence-corrected chi connectivity index (χ4v) is 7.85. The summed E-state index contributed by atoms with van der Waals surface area (Å²) < 4.78 is 27.8. The van der Waals surface area contributed by atoms with E-state index in [1.165, 1.54) is 121 Å². The first-order valence-corrected chi connectivity index (χ1v) is 23.4. The van der Waals surface area contributed by atoms with Gasteiger partial charge < -0.3 is 33.9 Å². The minimum atomic E-state index is -1.55. The topological polar surface area (TPSA) is 172 Å². The smallest absolute Gasteiger partial charge is 0.339 e. The van der Waals surface area contributed by atoms with Crippen molar-refractivity contribution >= 4 is 29.8 Å². The highest BCUT2D eigenvalue weighted by Gasteiger charge is 2.48. The van der Waals surface area contributed by atoms with Crippen molar-refractivity contribution in [1.82, 2.24) is 0 Å². The number of rotatable bonds is 38. The van der Waals surface area contributed by atoms with Crippen molar-refractivity contribution in [3.63, 3.8) is 0 Å². The van der Waals surface area contributed by atoms with Crippen molar-refractivity contribution in [3.05, 3.63) is 47.7 Å². The number of hydrogen-bond donors (Lipinski definition) is 2. The molecular weight excluding hydrogens is 793 g/mol. The molecule has 1 aromatic rings. The van der Waals surface area contributed by atoms with Gasteiger partial charge in [-0.05, 0) is 65.0 Å². The van der Waals surface area contributed by atoms with Gasteiger partial charge in [-0.25, -0.2) is 9.59 Å². The van der Waals surface area contributed by atoms with Gasteiger partial charge in [0.15, 0.2) is 0 Å². The number of carbonyl (C=O) groups excluding carboxylic acids is 3. The molecule has 0 radical (unpaired) electrons. The molecule has 0 bridgehead atoms. The highest BCUT2D eigenvalue weighted by molar-refractivity contribution is 6.02. The minimum Gasteiger partial charge on any atom is -0.496 e. The summed E-state index contributed by atoms with van der Waals surface area (Å²) >= 11 is 0. The van der Waals surface area contributed by atoms with E-state index < -0.39 is 52.0 Å². The summed E-state index contributed by atoms with van der Waals surface area (Å²) in [5, 5.41) is 19.9. The number of aromatic carboxylic acids is 1. The highest BCUT2D eigenvalue weighted by Crippen LogP contribution is 2.45. The summed E-state index contributed by atoms with van der Waals surface area (Å²) in [7, 11) is 0. The summed E-state index contributed by atoms with van der Waals surface area (Å²) in [4.78, 5) is 63.8. The molecule has 1 aromatic carbocycles. The lowest BCUT2D eigenvalue weighted by atomic mass is 9.66. The van der Waals surface area contributed by atoms with Gasteiger partial charge in [0, 0.05) is 12.0 Å². The lowest BCUT2D eigenvalue weighted by molar-refractivity contribution is -0.164. The van der Waals surface area contributed by atoms with E-state index in [2.05, 4.69) is 13.5 Å². The number of allylic oxidation sites excluding steroid dienone is 1. The number of carboxylic acid groups (broad SMARTS) is 2. The van der Waals surface area contributed by atoms with Crippen molar-refractivity contribution in [1.29, 1.82) is 0 Å². The van der Waals surface area contributed by atoms with E-state index >= 15 is 0 Å². The number of ether oxygens (including phenoxy) is 5. The Kier molecular flexibility index (Phi) is 28.0. The van der Waals surface area contributed by atoms with Crippen molar-refractivity contribution in [2.75, 3.05) is 39.6 Å². The number of aliphatic carboxylic acids is 1. The number of esters is 3. The Bertz CT molecular complexity index is 1490. The molecule has 2 N–H and O–H groups in total. The Morgan fingerprint density at radius 2 is 1.10 bits per heavy atom. The molecule has 354 valence electrons. The molecule has 0 aliphatic rings. The molecule has 0 saturated heterocycles. The molecule has 0 aromatic heterocycles. The molecular formula is C50H82O12. The molecule has 0 aliphatic carbocycles. The quantitative estimate of drug-likeness (QED) is 0.0279. The fraction of sp³-hybridized carbons (Fsp3) is 0.740. The SMILES string of the molecule is C=C(OCCOCCCCCCCCCCCCCCCCCC)C(C)(C)CC(CC(C)(CC(C)(CC)C(=O)OCCOC(=O)c1ccccc1C(=O)O)C(=O)O)C(=O)OCC. The van der Waals surface area contributed by atoms with Crippen LogP contribution in [-0.2, 0) is 38.1 Å². The van der Waals surface area contributed by atoms with Crippen LogP contribution in [-0.4, -0.2) is 79.7 Å². The summed E-state index contributed by atoms with van der Waals surface area (Å²) in [6.45, 7) is 17.5. The van der Waals surface area contributed by atoms with Crippen LogP contribution in [0, 0.1) is 22.2 Å². The van der Waals surface area contributed by atoms with Crippen molar-refractivity contribution in [3.8, 4) is 0 Å². The molecule has 0 heterocycles. The van der Waals surface area contributed by atoms with Gasteiger partial charge in [0.1, 0.15) is 19.8 Å². The molecule has 12 heteroatoms. The maximum absolute atomic E-state index is 13.4. The van der Waals surface area contributed by atoms with E-state index in [0.717, 1.165) is 12.8 Å². The molecule has 0 saturated carbocycles. The molecule has 0 amide bonds. The second-order valence-corrected chi connectivity index (χ2v) is 18.0. The Morgan fingerprint density at radius 1 is 0.597 bits per heavy atom. The van der Waals surface area contributed by atoms with E-state index in [9.17, 15) is 34.2 Å². The van der Waals surface area contributed by atoms with Crippen LogP contribution in [0.2, 0.25) is 0 Å². The predicted octanol–water partition coefficient (Wildman–Crippen LogP) is 11.8. The third kappa shape index (κ3) is 21.9. The van der Waals surface area contributed by atoms with Gasteiger partial charge in [-0.15, -0.1) is 0 Å². The molecule has 0 fully saturated rings. The number of unbranched alkanes of at least 4 members (excludes halogenated alkanes) is 15. The molecule has 62 heavy (non-hydrogen) atoms. The van der Waals surface area contributed by atoms with E-state index in [1.54, 1.807) is 20.8 Å². The van der Waals surface area contributed by atoms with E-state index in [4.69, 9.17) is 23.7 Å². The van der Waals surface area contributed by atoms with Crippen LogP contribution in [0.15, 0.2) is 36.6 Å². The van der Waals surface area contributed by atoms with Gasteiger partial charge in [-0.3, -0.25) is 14.4 Å². The third-order valence-electron chi connectivity index (χ3n) is 12.0. The molecule has 1 rings (SSSR count). The maximum Gasteiger partial charge on any atom is 0.339 e.